The van der Waals surface area contributed by atoms with Crippen molar-refractivity contribution in [3.8, 4) is 0 Å². The van der Waals surface area contributed by atoms with Crippen molar-refractivity contribution >= 4 is 23.2 Å². The lowest BCUT2D eigenvalue weighted by molar-refractivity contribution is -0.136. The van der Waals surface area contributed by atoms with Gasteiger partial charge in [-0.15, -0.1) is 11.3 Å². The number of nitrogens with zero attached hydrogens (tertiary/aromatic N) is 1. The molecular formula is C16H24N2O3S. The van der Waals surface area contributed by atoms with Crippen molar-refractivity contribution in [1.82, 2.24) is 10.2 Å². The molecule has 2 rings (SSSR count). The molecule has 1 aliphatic heterocycles. The minimum atomic E-state index is -0.864. The van der Waals surface area contributed by atoms with E-state index in [-0.39, 0.29) is 18.0 Å². The summed E-state index contributed by atoms with van der Waals surface area (Å²) in [4.78, 5) is 27.4. The van der Waals surface area contributed by atoms with Gasteiger partial charge >= 0.3 is 5.97 Å². The second kappa shape index (κ2) is 7.24. The molecule has 2 N–H and O–H groups in total. The number of likely N-dealkylation sites (tertiary alicyclic amines) is 1. The molecule has 1 aromatic rings. The molecule has 22 heavy (non-hydrogen) atoms. The zero-order chi connectivity index (χ0) is 16.2. The number of carboxylic acid groups (broad SMARTS) is 1. The number of amides is 1. The highest BCUT2D eigenvalue weighted by Crippen LogP contribution is 2.22. The highest BCUT2D eigenvalue weighted by Gasteiger charge is 2.35. The number of aryl methyl sites for hydroxylation is 2. The van der Waals surface area contributed by atoms with Crippen molar-refractivity contribution < 1.29 is 14.7 Å². The fourth-order valence-corrected chi connectivity index (χ4v) is 3.73. The fourth-order valence-electron chi connectivity index (χ4n) is 2.80. The van der Waals surface area contributed by atoms with Gasteiger partial charge < -0.3 is 10.0 Å². The first-order chi connectivity index (χ1) is 10.4. The standard InChI is InChI=1S/C16H24N2O3S/c1-12-6-7-13(22-12)4-3-5-14(19)18-9-8-16(2,11-18)17-10-15(20)21/h6-7,17H,3-5,8-11H2,1-2H3,(H,20,21)/t16-/m1/s1. The zero-order valence-electron chi connectivity index (χ0n) is 13.2. The number of hydrogen-bond acceptors (Lipinski definition) is 4. The number of hydrogen-bond donors (Lipinski definition) is 2. The van der Waals surface area contributed by atoms with E-state index >= 15 is 0 Å². The van der Waals surface area contributed by atoms with Crippen LogP contribution in [0.4, 0.5) is 0 Å². The van der Waals surface area contributed by atoms with Gasteiger partial charge in [0.25, 0.3) is 0 Å². The zero-order valence-corrected chi connectivity index (χ0v) is 14.0. The van der Waals surface area contributed by atoms with Crippen LogP contribution in [0.15, 0.2) is 12.1 Å². The van der Waals surface area contributed by atoms with Gasteiger partial charge in [0.15, 0.2) is 0 Å². The van der Waals surface area contributed by atoms with E-state index in [1.54, 1.807) is 11.3 Å². The third-order valence-electron chi connectivity index (χ3n) is 4.10. The van der Waals surface area contributed by atoms with E-state index in [1.807, 2.05) is 11.8 Å². The summed E-state index contributed by atoms with van der Waals surface area (Å²) in [6.45, 7) is 5.32. The molecule has 1 amide bonds. The largest absolute Gasteiger partial charge is 0.480 e. The van der Waals surface area contributed by atoms with E-state index in [2.05, 4.69) is 24.4 Å². The molecule has 0 saturated carbocycles. The van der Waals surface area contributed by atoms with Gasteiger partial charge in [-0.1, -0.05) is 0 Å². The fraction of sp³-hybridized carbons (Fsp3) is 0.625. The normalized spacial score (nSPS) is 21.3. The molecule has 0 unspecified atom stereocenters. The van der Waals surface area contributed by atoms with Crippen LogP contribution >= 0.6 is 11.3 Å². The molecule has 0 radical (unpaired) electrons. The lowest BCUT2D eigenvalue weighted by Crippen LogP contribution is -2.47. The van der Waals surface area contributed by atoms with Crippen molar-refractivity contribution in [3.63, 3.8) is 0 Å². The lowest BCUT2D eigenvalue weighted by atomic mass is 10.0. The average molecular weight is 324 g/mol. The summed E-state index contributed by atoms with van der Waals surface area (Å²) in [6.07, 6.45) is 3.18. The highest BCUT2D eigenvalue weighted by atomic mass is 32.1. The van der Waals surface area contributed by atoms with Crippen LogP contribution in [0.3, 0.4) is 0 Å². The van der Waals surface area contributed by atoms with Gasteiger partial charge in [-0.2, -0.15) is 0 Å². The summed E-state index contributed by atoms with van der Waals surface area (Å²) in [5.74, 6) is -0.689. The van der Waals surface area contributed by atoms with Crippen molar-refractivity contribution in [3.05, 3.63) is 21.9 Å². The van der Waals surface area contributed by atoms with Gasteiger partial charge in [-0.3, -0.25) is 14.9 Å². The first-order valence-electron chi connectivity index (χ1n) is 7.68. The van der Waals surface area contributed by atoms with E-state index < -0.39 is 5.97 Å². The number of nitrogens with one attached hydrogen (secondary N) is 1. The number of aliphatic carboxylic acids is 1. The van der Waals surface area contributed by atoms with Crippen LogP contribution in [0, 0.1) is 6.92 Å². The lowest BCUT2D eigenvalue weighted by Gasteiger charge is -2.25. The molecule has 1 aliphatic rings. The van der Waals surface area contributed by atoms with E-state index in [0.717, 1.165) is 19.3 Å². The molecule has 0 bridgehead atoms. The Balaban J connectivity index is 1.73. The molecule has 1 fully saturated rings. The summed E-state index contributed by atoms with van der Waals surface area (Å²) >= 11 is 1.79. The molecule has 1 atom stereocenters. The predicted octanol–water partition coefficient (Wildman–Crippen LogP) is 2.04. The Morgan fingerprint density at radius 1 is 1.45 bits per heavy atom. The predicted molar refractivity (Wildman–Crippen MR) is 87.2 cm³/mol. The number of rotatable bonds is 7. The second-order valence-electron chi connectivity index (χ2n) is 6.24. The van der Waals surface area contributed by atoms with Crippen molar-refractivity contribution in [1.29, 1.82) is 0 Å². The molecular weight excluding hydrogens is 300 g/mol. The van der Waals surface area contributed by atoms with E-state index in [4.69, 9.17) is 5.11 Å². The molecule has 2 heterocycles. The molecule has 1 saturated heterocycles. The Hall–Kier alpha value is -1.40. The smallest absolute Gasteiger partial charge is 0.317 e. The molecule has 0 aliphatic carbocycles. The van der Waals surface area contributed by atoms with Crippen LogP contribution in [0.5, 0.6) is 0 Å². The monoisotopic (exact) mass is 324 g/mol. The van der Waals surface area contributed by atoms with Gasteiger partial charge in [0, 0.05) is 34.8 Å². The van der Waals surface area contributed by atoms with Crippen molar-refractivity contribution in [2.45, 2.75) is 45.1 Å². The second-order valence-corrected chi connectivity index (χ2v) is 7.61. The van der Waals surface area contributed by atoms with E-state index in [0.29, 0.717) is 19.5 Å². The van der Waals surface area contributed by atoms with Crippen LogP contribution in [0.25, 0.3) is 0 Å². The van der Waals surface area contributed by atoms with Crippen LogP contribution in [0.2, 0.25) is 0 Å². The third kappa shape index (κ3) is 4.81. The molecule has 5 nitrogen and oxygen atoms in total. The maximum Gasteiger partial charge on any atom is 0.317 e. The van der Waals surface area contributed by atoms with Crippen LogP contribution < -0.4 is 5.32 Å². The number of thiophene rings is 1. The minimum absolute atomic E-state index is 0.0593. The highest BCUT2D eigenvalue weighted by molar-refractivity contribution is 7.11. The van der Waals surface area contributed by atoms with Gasteiger partial charge in [-0.05, 0) is 45.2 Å². The Bertz CT molecular complexity index is 543. The number of carboxylic acids is 1. The maximum absolute atomic E-state index is 12.3. The molecule has 0 aromatic carbocycles. The summed E-state index contributed by atoms with van der Waals surface area (Å²) in [5.41, 5.74) is -0.279. The number of carbonyl (C=O) groups is 2. The van der Waals surface area contributed by atoms with Gasteiger partial charge in [0.2, 0.25) is 5.91 Å². The van der Waals surface area contributed by atoms with Gasteiger partial charge in [0.05, 0.1) is 6.54 Å². The van der Waals surface area contributed by atoms with Gasteiger partial charge in [-0.25, -0.2) is 0 Å². The topological polar surface area (TPSA) is 69.6 Å². The molecule has 122 valence electrons. The molecule has 0 spiro atoms. The molecule has 6 heteroatoms. The Morgan fingerprint density at radius 2 is 2.23 bits per heavy atom. The van der Waals surface area contributed by atoms with Crippen LogP contribution in [0.1, 0.15) is 35.9 Å². The Kier molecular flexibility index (Phi) is 5.58. The maximum atomic E-state index is 12.3. The summed E-state index contributed by atoms with van der Waals surface area (Å²) in [6, 6.07) is 4.25. The number of carbonyl (C=O) groups excluding carboxylic acids is 1. The summed E-state index contributed by atoms with van der Waals surface area (Å²) in [7, 11) is 0. The van der Waals surface area contributed by atoms with E-state index in [9.17, 15) is 9.59 Å². The average Bonchev–Trinajstić information content (AvgIpc) is 3.04. The van der Waals surface area contributed by atoms with Crippen LogP contribution in [-0.4, -0.2) is 47.1 Å². The summed E-state index contributed by atoms with van der Waals surface area (Å²) < 4.78 is 0. The van der Waals surface area contributed by atoms with Crippen molar-refractivity contribution in [2.24, 2.45) is 0 Å². The first kappa shape index (κ1) is 17.0. The minimum Gasteiger partial charge on any atom is -0.480 e. The first-order valence-corrected chi connectivity index (χ1v) is 8.49. The van der Waals surface area contributed by atoms with Crippen LogP contribution in [-0.2, 0) is 16.0 Å². The van der Waals surface area contributed by atoms with E-state index in [1.165, 1.54) is 9.75 Å². The van der Waals surface area contributed by atoms with Gasteiger partial charge in [0.1, 0.15) is 0 Å². The SMILES string of the molecule is Cc1ccc(CCCC(=O)N2CC[C@@](C)(NCC(=O)O)C2)s1. The molecule has 1 aromatic heterocycles. The Labute approximate surface area is 135 Å². The quantitative estimate of drug-likeness (QED) is 0.805. The summed E-state index contributed by atoms with van der Waals surface area (Å²) in [5, 5.41) is 11.8. The van der Waals surface area contributed by atoms with Crippen molar-refractivity contribution in [2.75, 3.05) is 19.6 Å². The third-order valence-corrected chi connectivity index (χ3v) is 5.16. The Morgan fingerprint density at radius 3 is 2.86 bits per heavy atom.